The van der Waals surface area contributed by atoms with Crippen LogP contribution in [0, 0.1) is 5.41 Å². The SMILES string of the molecule is CNC(CN1CCC(C)(C)CC1)(C(=O)O)c1ccccc1. The lowest BCUT2D eigenvalue weighted by Crippen LogP contribution is -2.56. The summed E-state index contributed by atoms with van der Waals surface area (Å²) in [6.45, 7) is 6.97. The molecule has 0 amide bonds. The summed E-state index contributed by atoms with van der Waals surface area (Å²) in [7, 11) is 1.73. The van der Waals surface area contributed by atoms with Crippen LogP contribution in [0.1, 0.15) is 32.3 Å². The van der Waals surface area contributed by atoms with Crippen molar-refractivity contribution in [2.45, 2.75) is 32.2 Å². The van der Waals surface area contributed by atoms with E-state index in [0.717, 1.165) is 31.5 Å². The summed E-state index contributed by atoms with van der Waals surface area (Å²) in [6, 6.07) is 9.47. The molecular weight excluding hydrogens is 264 g/mol. The van der Waals surface area contributed by atoms with Crippen molar-refractivity contribution in [2.24, 2.45) is 5.41 Å². The third-order valence-electron chi connectivity index (χ3n) is 4.73. The minimum Gasteiger partial charge on any atom is -0.480 e. The third-order valence-corrected chi connectivity index (χ3v) is 4.73. The number of rotatable bonds is 5. The second kappa shape index (κ2) is 6.16. The fourth-order valence-corrected chi connectivity index (χ4v) is 2.99. The fourth-order valence-electron chi connectivity index (χ4n) is 2.99. The Bertz CT molecular complexity index is 477. The number of benzene rings is 1. The molecule has 0 aromatic heterocycles. The van der Waals surface area contributed by atoms with Gasteiger partial charge in [0.05, 0.1) is 0 Å². The molecule has 1 fully saturated rings. The molecule has 1 saturated heterocycles. The molecule has 21 heavy (non-hydrogen) atoms. The van der Waals surface area contributed by atoms with Crippen LogP contribution in [0.3, 0.4) is 0 Å². The zero-order valence-corrected chi connectivity index (χ0v) is 13.2. The minimum absolute atomic E-state index is 0.370. The number of likely N-dealkylation sites (N-methyl/N-ethyl adjacent to an activating group) is 1. The van der Waals surface area contributed by atoms with E-state index in [1.54, 1.807) is 7.05 Å². The average Bonchev–Trinajstić information content (AvgIpc) is 2.47. The first-order valence-electron chi connectivity index (χ1n) is 7.60. The summed E-state index contributed by atoms with van der Waals surface area (Å²) in [4.78, 5) is 14.2. The lowest BCUT2D eigenvalue weighted by molar-refractivity contribution is -0.146. The average molecular weight is 290 g/mol. The molecule has 0 aliphatic carbocycles. The van der Waals surface area contributed by atoms with Gasteiger partial charge >= 0.3 is 5.97 Å². The van der Waals surface area contributed by atoms with Gasteiger partial charge in [0.2, 0.25) is 0 Å². The summed E-state index contributed by atoms with van der Waals surface area (Å²) in [6.07, 6.45) is 2.22. The van der Waals surface area contributed by atoms with Gasteiger partial charge in [0.25, 0.3) is 0 Å². The number of piperidine rings is 1. The van der Waals surface area contributed by atoms with E-state index in [-0.39, 0.29) is 0 Å². The number of carboxylic acids is 1. The van der Waals surface area contributed by atoms with Crippen molar-refractivity contribution in [1.82, 2.24) is 10.2 Å². The van der Waals surface area contributed by atoms with Crippen LogP contribution >= 0.6 is 0 Å². The number of hydrogen-bond donors (Lipinski definition) is 2. The molecule has 116 valence electrons. The fraction of sp³-hybridized carbons (Fsp3) is 0.588. The van der Waals surface area contributed by atoms with Gasteiger partial charge in [-0.25, -0.2) is 4.79 Å². The van der Waals surface area contributed by atoms with Crippen LogP contribution in [0.2, 0.25) is 0 Å². The van der Waals surface area contributed by atoms with Crippen molar-refractivity contribution >= 4 is 5.97 Å². The predicted octanol–water partition coefficient (Wildman–Crippen LogP) is 2.31. The summed E-state index contributed by atoms with van der Waals surface area (Å²) >= 11 is 0. The Kier molecular flexibility index (Phi) is 4.69. The monoisotopic (exact) mass is 290 g/mol. The molecule has 4 nitrogen and oxygen atoms in total. The highest BCUT2D eigenvalue weighted by Gasteiger charge is 2.41. The van der Waals surface area contributed by atoms with Crippen LogP contribution in [0.15, 0.2) is 30.3 Å². The van der Waals surface area contributed by atoms with Crippen molar-refractivity contribution in [3.8, 4) is 0 Å². The van der Waals surface area contributed by atoms with E-state index in [9.17, 15) is 9.90 Å². The van der Waals surface area contributed by atoms with Gasteiger partial charge in [0, 0.05) is 6.54 Å². The molecule has 1 atom stereocenters. The molecule has 1 heterocycles. The molecule has 1 aromatic rings. The first kappa shape index (κ1) is 16.0. The van der Waals surface area contributed by atoms with Gasteiger partial charge in [0.15, 0.2) is 5.54 Å². The molecule has 1 aliphatic heterocycles. The van der Waals surface area contributed by atoms with Crippen LogP contribution in [0.25, 0.3) is 0 Å². The van der Waals surface area contributed by atoms with E-state index < -0.39 is 11.5 Å². The van der Waals surface area contributed by atoms with Crippen molar-refractivity contribution in [3.05, 3.63) is 35.9 Å². The van der Waals surface area contributed by atoms with E-state index in [4.69, 9.17) is 0 Å². The maximum atomic E-state index is 12.0. The van der Waals surface area contributed by atoms with Gasteiger partial charge in [-0.05, 0) is 44.0 Å². The lowest BCUT2D eigenvalue weighted by Gasteiger charge is -2.41. The van der Waals surface area contributed by atoms with Gasteiger partial charge in [-0.3, -0.25) is 0 Å². The quantitative estimate of drug-likeness (QED) is 0.874. The van der Waals surface area contributed by atoms with Crippen LogP contribution in [-0.2, 0) is 10.3 Å². The number of likely N-dealkylation sites (tertiary alicyclic amines) is 1. The van der Waals surface area contributed by atoms with Crippen LogP contribution in [0.5, 0.6) is 0 Å². The standard InChI is InChI=1S/C17H26N2O2/c1-16(2)9-11-19(12-10-16)13-17(18-3,15(20)21)14-7-5-4-6-8-14/h4-8,18H,9-13H2,1-3H3,(H,20,21). The second-order valence-electron chi connectivity index (χ2n) is 6.77. The van der Waals surface area contributed by atoms with E-state index >= 15 is 0 Å². The van der Waals surface area contributed by atoms with E-state index in [0.29, 0.717) is 12.0 Å². The normalized spacial score (nSPS) is 21.7. The molecule has 4 heteroatoms. The molecule has 0 spiro atoms. The summed E-state index contributed by atoms with van der Waals surface area (Å²) in [5, 5.41) is 12.9. The highest BCUT2D eigenvalue weighted by atomic mass is 16.4. The topological polar surface area (TPSA) is 52.6 Å². The zero-order chi connectivity index (χ0) is 15.5. The Morgan fingerprint density at radius 1 is 1.29 bits per heavy atom. The Balaban J connectivity index is 2.20. The van der Waals surface area contributed by atoms with Gasteiger partial charge in [-0.2, -0.15) is 0 Å². The number of hydrogen-bond acceptors (Lipinski definition) is 3. The molecule has 1 aliphatic rings. The van der Waals surface area contributed by atoms with Crippen LogP contribution in [-0.4, -0.2) is 42.7 Å². The van der Waals surface area contributed by atoms with Gasteiger partial charge in [0.1, 0.15) is 0 Å². The molecule has 2 rings (SSSR count). The Hall–Kier alpha value is -1.39. The van der Waals surface area contributed by atoms with Crippen molar-refractivity contribution < 1.29 is 9.90 Å². The Morgan fingerprint density at radius 3 is 2.33 bits per heavy atom. The molecule has 2 N–H and O–H groups in total. The zero-order valence-electron chi connectivity index (χ0n) is 13.2. The van der Waals surface area contributed by atoms with Crippen molar-refractivity contribution in [2.75, 3.05) is 26.7 Å². The van der Waals surface area contributed by atoms with E-state index in [2.05, 4.69) is 24.1 Å². The number of carbonyl (C=O) groups is 1. The Morgan fingerprint density at radius 2 is 1.86 bits per heavy atom. The third kappa shape index (κ3) is 3.44. The first-order valence-corrected chi connectivity index (χ1v) is 7.60. The molecule has 0 saturated carbocycles. The largest absolute Gasteiger partial charge is 0.480 e. The lowest BCUT2D eigenvalue weighted by atomic mass is 9.81. The van der Waals surface area contributed by atoms with E-state index in [1.165, 1.54) is 0 Å². The first-order chi connectivity index (χ1) is 9.89. The van der Waals surface area contributed by atoms with Crippen LogP contribution in [0.4, 0.5) is 0 Å². The smallest absolute Gasteiger partial charge is 0.329 e. The Labute approximate surface area is 127 Å². The highest BCUT2D eigenvalue weighted by molar-refractivity contribution is 5.81. The number of nitrogens with zero attached hydrogens (tertiary/aromatic N) is 1. The maximum Gasteiger partial charge on any atom is 0.329 e. The number of aliphatic carboxylic acids is 1. The van der Waals surface area contributed by atoms with Crippen molar-refractivity contribution in [3.63, 3.8) is 0 Å². The number of carboxylic acid groups (broad SMARTS) is 1. The molecule has 1 unspecified atom stereocenters. The second-order valence-corrected chi connectivity index (χ2v) is 6.77. The van der Waals surface area contributed by atoms with Crippen molar-refractivity contribution in [1.29, 1.82) is 0 Å². The number of nitrogens with one attached hydrogen (secondary N) is 1. The van der Waals surface area contributed by atoms with Gasteiger partial charge in [-0.15, -0.1) is 0 Å². The minimum atomic E-state index is -1.04. The molecule has 0 radical (unpaired) electrons. The summed E-state index contributed by atoms with van der Waals surface area (Å²) in [5.74, 6) is -0.818. The van der Waals surface area contributed by atoms with Gasteiger partial charge < -0.3 is 15.3 Å². The van der Waals surface area contributed by atoms with Crippen LogP contribution < -0.4 is 5.32 Å². The molecule has 0 bridgehead atoms. The van der Waals surface area contributed by atoms with Gasteiger partial charge in [-0.1, -0.05) is 44.2 Å². The molecule has 1 aromatic carbocycles. The molecular formula is C17H26N2O2. The maximum absolute atomic E-state index is 12.0. The summed E-state index contributed by atoms with van der Waals surface area (Å²) in [5.41, 5.74) is 0.141. The summed E-state index contributed by atoms with van der Waals surface area (Å²) < 4.78 is 0. The van der Waals surface area contributed by atoms with E-state index in [1.807, 2.05) is 30.3 Å². The predicted molar refractivity (Wildman–Crippen MR) is 84.3 cm³/mol. The highest BCUT2D eigenvalue weighted by Crippen LogP contribution is 2.32.